The minimum atomic E-state index is -0.612. The molecule has 0 aliphatic rings. The number of phenolic OH excluding ortho intramolecular Hbond substituents is 2. The third kappa shape index (κ3) is 5.12. The van der Waals surface area contributed by atoms with Crippen molar-refractivity contribution < 1.29 is 29.0 Å². The van der Waals surface area contributed by atoms with Crippen LogP contribution in [-0.4, -0.2) is 29.1 Å². The predicted octanol–water partition coefficient (Wildman–Crippen LogP) is 4.33. The van der Waals surface area contributed by atoms with E-state index in [1.54, 1.807) is 13.0 Å². The van der Waals surface area contributed by atoms with Gasteiger partial charge in [0.05, 0.1) is 12.7 Å². The maximum Gasteiger partial charge on any atom is 0.373 e. The largest absolute Gasteiger partial charge is 0.508 e. The number of ether oxygens (including phenoxy) is 1. The Morgan fingerprint density at radius 2 is 1.78 bits per heavy atom. The summed E-state index contributed by atoms with van der Waals surface area (Å²) >= 11 is 0. The van der Waals surface area contributed by atoms with Gasteiger partial charge in [0.25, 0.3) is 0 Å². The first-order valence-electron chi connectivity index (χ1n) is 9.13. The number of rotatable bonds is 9. The van der Waals surface area contributed by atoms with Gasteiger partial charge in [0.1, 0.15) is 17.3 Å². The average Bonchev–Trinajstić information content (AvgIpc) is 3.00. The normalized spacial score (nSPS) is 10.8. The number of hydrogen-bond donors (Lipinski definition) is 2. The minimum Gasteiger partial charge on any atom is -0.508 e. The maximum absolute atomic E-state index is 12.7. The molecule has 0 radical (unpaired) electrons. The molecule has 0 saturated heterocycles. The van der Waals surface area contributed by atoms with Gasteiger partial charge >= 0.3 is 5.97 Å². The number of hydrogen-bond acceptors (Lipinski definition) is 6. The molecule has 1 aromatic carbocycles. The molecule has 146 valence electrons. The fourth-order valence-corrected chi connectivity index (χ4v) is 2.95. The fourth-order valence-electron chi connectivity index (χ4n) is 2.95. The van der Waals surface area contributed by atoms with Gasteiger partial charge in [-0.25, -0.2) is 4.79 Å². The van der Waals surface area contributed by atoms with Crippen molar-refractivity contribution in [3.63, 3.8) is 0 Å². The first-order valence-corrected chi connectivity index (χ1v) is 9.13. The lowest BCUT2D eigenvalue weighted by molar-refractivity contribution is 0.0563. The zero-order valence-corrected chi connectivity index (χ0v) is 16.0. The molecule has 6 heteroatoms. The number of unbranched alkanes of at least 4 members (excludes halogenated alkanes) is 3. The first kappa shape index (κ1) is 20.6. The van der Waals surface area contributed by atoms with E-state index in [0.29, 0.717) is 23.3 Å². The van der Waals surface area contributed by atoms with Crippen molar-refractivity contribution in [3.8, 4) is 11.5 Å². The Labute approximate surface area is 158 Å². The molecule has 0 saturated carbocycles. The molecule has 0 atom stereocenters. The second-order valence-corrected chi connectivity index (χ2v) is 6.59. The third-order valence-electron chi connectivity index (χ3n) is 4.56. The number of methoxy groups -OCH3 is 1. The lowest BCUT2D eigenvalue weighted by Crippen LogP contribution is -2.05. The third-order valence-corrected chi connectivity index (χ3v) is 4.56. The number of aryl methyl sites for hydroxylation is 2. The van der Waals surface area contributed by atoms with Crippen molar-refractivity contribution in [3.05, 3.63) is 46.4 Å². The number of carbonyl (C=O) groups excluding carboxylic acids is 2. The molecule has 27 heavy (non-hydrogen) atoms. The van der Waals surface area contributed by atoms with E-state index in [1.165, 1.54) is 19.2 Å². The van der Waals surface area contributed by atoms with Crippen LogP contribution in [0.15, 0.2) is 22.6 Å². The zero-order valence-electron chi connectivity index (χ0n) is 16.0. The van der Waals surface area contributed by atoms with E-state index >= 15 is 0 Å². The molecule has 6 nitrogen and oxygen atoms in total. The van der Waals surface area contributed by atoms with Gasteiger partial charge in [-0.05, 0) is 37.5 Å². The molecule has 0 aliphatic carbocycles. The van der Waals surface area contributed by atoms with Crippen LogP contribution in [0.3, 0.4) is 0 Å². The summed E-state index contributed by atoms with van der Waals surface area (Å²) in [4.78, 5) is 24.2. The number of benzene rings is 1. The van der Waals surface area contributed by atoms with Gasteiger partial charge in [0, 0.05) is 18.1 Å². The van der Waals surface area contributed by atoms with Crippen molar-refractivity contribution in [2.45, 2.75) is 52.4 Å². The summed E-state index contributed by atoms with van der Waals surface area (Å²) < 4.78 is 9.94. The number of furan rings is 1. The Morgan fingerprint density at radius 3 is 2.44 bits per heavy atom. The number of Topliss-reactive ketones (excluding diaryl/α,β-unsaturated/α-hetero) is 1. The Balaban J connectivity index is 2.18. The van der Waals surface area contributed by atoms with E-state index in [2.05, 4.69) is 11.7 Å². The van der Waals surface area contributed by atoms with Gasteiger partial charge in [0.2, 0.25) is 5.76 Å². The molecular weight excluding hydrogens is 348 g/mol. The number of ketones is 1. The molecule has 0 aliphatic heterocycles. The van der Waals surface area contributed by atoms with Crippen LogP contribution in [0, 0.1) is 6.92 Å². The van der Waals surface area contributed by atoms with Crippen LogP contribution in [0.2, 0.25) is 0 Å². The molecule has 2 aromatic rings. The highest BCUT2D eigenvalue weighted by molar-refractivity contribution is 6.00. The second-order valence-electron chi connectivity index (χ2n) is 6.59. The van der Waals surface area contributed by atoms with Gasteiger partial charge in [-0.2, -0.15) is 0 Å². The Hall–Kier alpha value is -2.76. The molecular formula is C21H26O6. The number of phenols is 2. The van der Waals surface area contributed by atoms with Crippen LogP contribution in [0.5, 0.6) is 11.5 Å². The summed E-state index contributed by atoms with van der Waals surface area (Å²) in [7, 11) is 1.25. The van der Waals surface area contributed by atoms with Crippen molar-refractivity contribution in [1.29, 1.82) is 0 Å². The average molecular weight is 374 g/mol. The molecule has 1 heterocycles. The van der Waals surface area contributed by atoms with Crippen LogP contribution in [0.25, 0.3) is 0 Å². The standard InChI is InChI=1S/C21H26O6/c1-4-5-6-7-8-14-9-16(19(24)12-17(14)22)18(23)10-15-11-20(21(25)26-3)27-13(15)2/h9,11-12,22,24H,4-8,10H2,1-3H3. The lowest BCUT2D eigenvalue weighted by Gasteiger charge is -2.10. The van der Waals surface area contributed by atoms with Crippen LogP contribution in [-0.2, 0) is 17.6 Å². The van der Waals surface area contributed by atoms with Crippen LogP contribution >= 0.6 is 0 Å². The zero-order chi connectivity index (χ0) is 20.0. The highest BCUT2D eigenvalue weighted by Crippen LogP contribution is 2.30. The maximum atomic E-state index is 12.7. The van der Waals surface area contributed by atoms with E-state index < -0.39 is 5.97 Å². The van der Waals surface area contributed by atoms with E-state index in [4.69, 9.17) is 4.42 Å². The lowest BCUT2D eigenvalue weighted by atomic mass is 9.97. The monoisotopic (exact) mass is 374 g/mol. The summed E-state index contributed by atoms with van der Waals surface area (Å²) in [6.45, 7) is 3.78. The van der Waals surface area contributed by atoms with Gasteiger partial charge < -0.3 is 19.4 Å². The molecule has 2 N–H and O–H groups in total. The molecule has 0 fully saturated rings. The molecule has 0 unspecified atom stereocenters. The van der Waals surface area contributed by atoms with E-state index in [-0.39, 0.29) is 35.0 Å². The molecule has 0 spiro atoms. The smallest absolute Gasteiger partial charge is 0.373 e. The van der Waals surface area contributed by atoms with Crippen LogP contribution in [0.4, 0.5) is 0 Å². The summed E-state index contributed by atoms with van der Waals surface area (Å²) in [5.74, 6) is -0.718. The number of aromatic hydroxyl groups is 2. The number of carbonyl (C=O) groups is 2. The topological polar surface area (TPSA) is 97.0 Å². The highest BCUT2D eigenvalue weighted by atomic mass is 16.5. The summed E-state index contributed by atoms with van der Waals surface area (Å²) in [5.41, 5.74) is 1.35. The predicted molar refractivity (Wildman–Crippen MR) is 100 cm³/mol. The Morgan fingerprint density at radius 1 is 1.04 bits per heavy atom. The molecule has 1 aromatic heterocycles. The minimum absolute atomic E-state index is 0.00647. The first-order chi connectivity index (χ1) is 12.9. The highest BCUT2D eigenvalue weighted by Gasteiger charge is 2.20. The summed E-state index contributed by atoms with van der Waals surface area (Å²) in [6, 6.07) is 4.24. The van der Waals surface area contributed by atoms with E-state index in [1.807, 2.05) is 0 Å². The van der Waals surface area contributed by atoms with Gasteiger partial charge in [-0.1, -0.05) is 26.2 Å². The summed E-state index contributed by atoms with van der Waals surface area (Å²) in [6.07, 6.45) is 4.80. The quantitative estimate of drug-likeness (QED) is 0.385. The van der Waals surface area contributed by atoms with Crippen molar-refractivity contribution >= 4 is 11.8 Å². The van der Waals surface area contributed by atoms with Gasteiger partial charge in [-0.15, -0.1) is 0 Å². The van der Waals surface area contributed by atoms with E-state index in [9.17, 15) is 19.8 Å². The van der Waals surface area contributed by atoms with E-state index in [0.717, 1.165) is 25.7 Å². The van der Waals surface area contributed by atoms with Crippen LogP contribution < -0.4 is 0 Å². The van der Waals surface area contributed by atoms with Crippen molar-refractivity contribution in [1.82, 2.24) is 0 Å². The fraction of sp³-hybridized carbons (Fsp3) is 0.429. The van der Waals surface area contributed by atoms with Gasteiger partial charge in [-0.3, -0.25) is 4.79 Å². The Bertz CT molecular complexity index is 818. The molecule has 0 bridgehead atoms. The molecule has 0 amide bonds. The van der Waals surface area contributed by atoms with Crippen molar-refractivity contribution in [2.75, 3.05) is 7.11 Å². The molecule has 2 rings (SSSR count). The summed E-state index contributed by atoms with van der Waals surface area (Å²) in [5, 5.41) is 20.1. The van der Waals surface area contributed by atoms with Crippen LogP contribution in [0.1, 0.15) is 70.4 Å². The van der Waals surface area contributed by atoms with Crippen molar-refractivity contribution in [2.24, 2.45) is 0 Å². The second kappa shape index (κ2) is 9.26. The van der Waals surface area contributed by atoms with Gasteiger partial charge in [0.15, 0.2) is 5.78 Å². The SMILES string of the molecule is CCCCCCc1cc(C(=O)Cc2cc(C(=O)OC)oc2C)c(O)cc1O. The Kier molecular flexibility index (Phi) is 7.05. The number of esters is 1.